The van der Waals surface area contributed by atoms with Gasteiger partial charge < -0.3 is 4.90 Å². The minimum Gasteiger partial charge on any atom is -0.322 e. The first-order valence-corrected chi connectivity index (χ1v) is 13.1. The van der Waals surface area contributed by atoms with Crippen LogP contribution in [0.15, 0.2) is 90.0 Å². The second-order valence-electron chi connectivity index (χ2n) is 9.15. The van der Waals surface area contributed by atoms with Gasteiger partial charge in [-0.05, 0) is 58.0 Å². The van der Waals surface area contributed by atoms with Gasteiger partial charge in [-0.15, -0.1) is 11.8 Å². The van der Waals surface area contributed by atoms with Crippen LogP contribution in [0.2, 0.25) is 0 Å². The van der Waals surface area contributed by atoms with E-state index in [0.717, 1.165) is 29.5 Å². The van der Waals surface area contributed by atoms with Crippen LogP contribution in [0.4, 0.5) is 0 Å². The summed E-state index contributed by atoms with van der Waals surface area (Å²) in [4.78, 5) is 27.1. The lowest BCUT2D eigenvalue weighted by molar-refractivity contribution is -0.128. The molecule has 0 saturated carbocycles. The van der Waals surface area contributed by atoms with Gasteiger partial charge in [-0.1, -0.05) is 72.8 Å². The average Bonchev–Trinajstić information content (AvgIpc) is 3.50. The molecule has 1 N–H and O–H groups in total. The molecule has 0 bridgehead atoms. The van der Waals surface area contributed by atoms with Gasteiger partial charge in [-0.2, -0.15) is 5.10 Å². The Kier molecular flexibility index (Phi) is 6.03. The van der Waals surface area contributed by atoms with Crippen molar-refractivity contribution >= 4 is 40.6 Å². The van der Waals surface area contributed by atoms with E-state index in [1.165, 1.54) is 21.9 Å². The number of hydrogen-bond acceptors (Lipinski definition) is 4. The Morgan fingerprint density at radius 1 is 0.944 bits per heavy atom. The molecule has 0 aromatic heterocycles. The molecule has 1 saturated heterocycles. The van der Waals surface area contributed by atoms with Gasteiger partial charge in [0.15, 0.2) is 0 Å². The number of hydrazone groups is 1. The van der Waals surface area contributed by atoms with Crippen molar-refractivity contribution in [3.8, 4) is 0 Å². The minimum atomic E-state index is -0.264. The first kappa shape index (κ1) is 22.6. The number of nitrogens with zero attached hydrogens (tertiary/aromatic N) is 2. The Bertz CT molecular complexity index is 1470. The number of rotatable bonds is 6. The van der Waals surface area contributed by atoms with E-state index in [1.54, 1.807) is 30.1 Å². The predicted octanol–water partition coefficient (Wildman–Crippen LogP) is 5.48. The zero-order valence-electron chi connectivity index (χ0n) is 19.7. The highest BCUT2D eigenvalue weighted by molar-refractivity contribution is 8.00. The van der Waals surface area contributed by atoms with Gasteiger partial charge in [0, 0.05) is 17.7 Å². The summed E-state index contributed by atoms with van der Waals surface area (Å²) in [5.41, 5.74) is 9.05. The van der Waals surface area contributed by atoms with Crippen LogP contribution in [0.1, 0.15) is 43.5 Å². The quantitative estimate of drug-likeness (QED) is 0.287. The summed E-state index contributed by atoms with van der Waals surface area (Å²) in [7, 11) is 0. The molecular formula is C30H25N3O2S. The van der Waals surface area contributed by atoms with Crippen molar-refractivity contribution in [1.29, 1.82) is 0 Å². The predicted molar refractivity (Wildman–Crippen MR) is 145 cm³/mol. The Morgan fingerprint density at radius 2 is 1.72 bits per heavy atom. The maximum Gasteiger partial charge on any atom is 0.271 e. The summed E-state index contributed by atoms with van der Waals surface area (Å²) in [5, 5.41) is 6.68. The Balaban J connectivity index is 1.14. The summed E-state index contributed by atoms with van der Waals surface area (Å²) >= 11 is 1.62. The van der Waals surface area contributed by atoms with E-state index in [-0.39, 0.29) is 17.2 Å². The molecule has 1 atom stereocenters. The van der Waals surface area contributed by atoms with Crippen molar-refractivity contribution < 1.29 is 9.59 Å². The fraction of sp³-hybridized carbons (Fsp3) is 0.167. The molecule has 1 aliphatic heterocycles. The summed E-state index contributed by atoms with van der Waals surface area (Å²) < 4.78 is 0. The summed E-state index contributed by atoms with van der Waals surface area (Å²) in [6.07, 6.45) is 3.88. The van der Waals surface area contributed by atoms with Crippen molar-refractivity contribution in [2.45, 2.75) is 24.8 Å². The molecule has 6 rings (SSSR count). The van der Waals surface area contributed by atoms with Crippen molar-refractivity contribution in [3.63, 3.8) is 0 Å². The summed E-state index contributed by atoms with van der Waals surface area (Å²) in [6, 6.07) is 28.1. The fourth-order valence-electron chi connectivity index (χ4n) is 5.09. The molecule has 5 nitrogen and oxygen atoms in total. The number of carbonyl (C=O) groups is 2. The van der Waals surface area contributed by atoms with Crippen LogP contribution in [-0.4, -0.2) is 28.7 Å². The second-order valence-corrected chi connectivity index (χ2v) is 10.2. The molecule has 1 heterocycles. The Morgan fingerprint density at radius 3 is 2.53 bits per heavy atom. The number of amides is 2. The van der Waals surface area contributed by atoms with Gasteiger partial charge in [0.1, 0.15) is 5.37 Å². The van der Waals surface area contributed by atoms with Crippen LogP contribution in [0.25, 0.3) is 10.8 Å². The van der Waals surface area contributed by atoms with E-state index in [0.29, 0.717) is 17.9 Å². The number of hydrogen-bond donors (Lipinski definition) is 1. The maximum absolute atomic E-state index is 12.7. The Hall–Kier alpha value is -3.90. The molecule has 0 radical (unpaired) electrons. The van der Waals surface area contributed by atoms with Crippen LogP contribution in [0, 0.1) is 0 Å². The van der Waals surface area contributed by atoms with Crippen LogP contribution < -0.4 is 5.43 Å². The minimum absolute atomic E-state index is 0.0587. The third-order valence-corrected chi connectivity index (χ3v) is 8.16. The van der Waals surface area contributed by atoms with Crippen LogP contribution in [0.5, 0.6) is 0 Å². The number of aryl methyl sites for hydroxylation is 2. The van der Waals surface area contributed by atoms with E-state index in [9.17, 15) is 9.59 Å². The summed E-state index contributed by atoms with van der Waals surface area (Å²) in [6.45, 7) is 0.575. The molecule has 1 aliphatic carbocycles. The highest BCUT2D eigenvalue weighted by atomic mass is 32.2. The number of carbonyl (C=O) groups excluding carboxylic acids is 2. The smallest absolute Gasteiger partial charge is 0.271 e. The normalized spacial score (nSPS) is 16.8. The molecule has 2 amide bonds. The second kappa shape index (κ2) is 9.63. The molecule has 6 heteroatoms. The van der Waals surface area contributed by atoms with Crippen LogP contribution in [0.3, 0.4) is 0 Å². The lowest BCUT2D eigenvalue weighted by atomic mass is 10.0. The molecular weight excluding hydrogens is 466 g/mol. The highest BCUT2D eigenvalue weighted by Crippen LogP contribution is 2.39. The number of benzene rings is 4. The zero-order valence-corrected chi connectivity index (χ0v) is 20.5. The van der Waals surface area contributed by atoms with E-state index in [1.807, 2.05) is 47.4 Å². The van der Waals surface area contributed by atoms with Crippen LogP contribution in [-0.2, 0) is 24.2 Å². The SMILES string of the molecule is O=C(N/N=C\c1ccc2c3c(cccc13)CC2)c1ccc([C@@H]2SCC(=O)N2Cc2ccccc2)cc1. The van der Waals surface area contributed by atoms with E-state index < -0.39 is 0 Å². The lowest BCUT2D eigenvalue weighted by Crippen LogP contribution is -2.27. The number of nitrogens with one attached hydrogen (secondary N) is 1. The first-order valence-electron chi connectivity index (χ1n) is 12.1. The van der Waals surface area contributed by atoms with Gasteiger partial charge in [-0.25, -0.2) is 5.43 Å². The van der Waals surface area contributed by atoms with E-state index >= 15 is 0 Å². The van der Waals surface area contributed by atoms with E-state index in [4.69, 9.17) is 0 Å². The largest absolute Gasteiger partial charge is 0.322 e. The fourth-order valence-corrected chi connectivity index (χ4v) is 6.28. The standard InChI is InChI=1S/C30H25N3O2S/c34-27-19-36-30(33(27)18-20-5-2-1-3-6-20)24-14-12-23(13-15-24)29(35)32-31-17-25-16-11-22-10-9-21-7-4-8-26(25)28(21)22/h1-8,11-17,30H,9-10,18-19H2,(H,32,35)/b31-17-/t30-/m0/s1. The first-order chi connectivity index (χ1) is 17.7. The third kappa shape index (κ3) is 4.29. The van der Waals surface area contributed by atoms with Crippen molar-refractivity contribution in [2.75, 3.05) is 5.75 Å². The third-order valence-electron chi connectivity index (χ3n) is 6.90. The van der Waals surface area contributed by atoms with Gasteiger partial charge in [0.25, 0.3) is 5.91 Å². The molecule has 178 valence electrons. The maximum atomic E-state index is 12.7. The lowest BCUT2D eigenvalue weighted by Gasteiger charge is -2.24. The number of thioether (sulfide) groups is 1. The van der Waals surface area contributed by atoms with Gasteiger partial charge in [-0.3, -0.25) is 9.59 Å². The molecule has 0 spiro atoms. The van der Waals surface area contributed by atoms with Crippen LogP contribution >= 0.6 is 11.8 Å². The van der Waals surface area contributed by atoms with E-state index in [2.05, 4.69) is 40.9 Å². The zero-order chi connectivity index (χ0) is 24.5. The topological polar surface area (TPSA) is 61.8 Å². The molecule has 4 aromatic carbocycles. The van der Waals surface area contributed by atoms with Crippen molar-refractivity contribution in [1.82, 2.24) is 10.3 Å². The van der Waals surface area contributed by atoms with Gasteiger partial charge in [0.2, 0.25) is 5.91 Å². The van der Waals surface area contributed by atoms with Gasteiger partial charge in [0.05, 0.1) is 12.0 Å². The highest BCUT2D eigenvalue weighted by Gasteiger charge is 2.32. The van der Waals surface area contributed by atoms with Crippen molar-refractivity contribution in [2.24, 2.45) is 5.10 Å². The Labute approximate surface area is 214 Å². The molecule has 0 unspecified atom stereocenters. The van der Waals surface area contributed by atoms with Gasteiger partial charge >= 0.3 is 0 Å². The average molecular weight is 492 g/mol. The molecule has 4 aromatic rings. The monoisotopic (exact) mass is 491 g/mol. The summed E-state index contributed by atoms with van der Waals surface area (Å²) in [5.74, 6) is 0.332. The molecule has 36 heavy (non-hydrogen) atoms. The van der Waals surface area contributed by atoms with Crippen molar-refractivity contribution in [3.05, 3.63) is 118 Å². The molecule has 2 aliphatic rings. The molecule has 1 fully saturated rings.